The summed E-state index contributed by atoms with van der Waals surface area (Å²) in [5.41, 5.74) is 2.30. The number of esters is 2. The van der Waals surface area contributed by atoms with Crippen molar-refractivity contribution in [3.8, 4) is 0 Å². The van der Waals surface area contributed by atoms with E-state index < -0.39 is 36.1 Å². The second kappa shape index (κ2) is 24.8. The second-order valence-electron chi connectivity index (χ2n) is 17.0. The van der Waals surface area contributed by atoms with E-state index in [-0.39, 0.29) is 11.1 Å². The van der Waals surface area contributed by atoms with Crippen LogP contribution in [0.5, 0.6) is 0 Å². The molecule has 2 aromatic rings. The van der Waals surface area contributed by atoms with E-state index in [1.165, 1.54) is 116 Å². The third-order valence-electron chi connectivity index (χ3n) is 12.6. The van der Waals surface area contributed by atoms with Crippen molar-refractivity contribution >= 4 is 23.9 Å². The van der Waals surface area contributed by atoms with Gasteiger partial charge in [0.05, 0.1) is 11.1 Å². The minimum atomic E-state index is -2.23. The Labute approximate surface area is 336 Å². The number of rotatable bonds is 25. The number of hydrogen-bond acceptors (Lipinski definition) is 6. The van der Waals surface area contributed by atoms with Gasteiger partial charge in [-0.15, -0.1) is 0 Å². The number of ether oxygens (including phenoxy) is 2. The average Bonchev–Trinajstić information content (AvgIpc) is 3.21. The second-order valence-corrected chi connectivity index (χ2v) is 17.0. The molecule has 8 heteroatoms. The minimum absolute atomic E-state index is 0.0898. The third kappa shape index (κ3) is 15.7. The first-order chi connectivity index (χ1) is 27.2. The molecule has 310 valence electrons. The highest BCUT2D eigenvalue weighted by atomic mass is 16.6. The van der Waals surface area contributed by atoms with Gasteiger partial charge in [0.25, 0.3) is 0 Å². The van der Waals surface area contributed by atoms with Crippen LogP contribution in [0, 0.1) is 23.7 Å². The molecule has 0 aliphatic heterocycles. The van der Waals surface area contributed by atoms with Crippen molar-refractivity contribution in [1.29, 1.82) is 0 Å². The van der Waals surface area contributed by atoms with Gasteiger partial charge >= 0.3 is 23.9 Å². The highest BCUT2D eigenvalue weighted by molar-refractivity contribution is 5.95. The van der Waals surface area contributed by atoms with Gasteiger partial charge < -0.3 is 19.7 Å². The summed E-state index contributed by atoms with van der Waals surface area (Å²) < 4.78 is 10.3. The first kappa shape index (κ1) is 45.0. The van der Waals surface area contributed by atoms with E-state index in [9.17, 15) is 29.4 Å². The molecule has 56 heavy (non-hydrogen) atoms. The van der Waals surface area contributed by atoms with Crippen LogP contribution in [0.3, 0.4) is 0 Å². The molecule has 0 bridgehead atoms. The first-order valence-electron chi connectivity index (χ1n) is 22.2. The maximum absolute atomic E-state index is 13.0. The summed E-state index contributed by atoms with van der Waals surface area (Å²) in [5, 5.41) is 19.7. The summed E-state index contributed by atoms with van der Waals surface area (Å²) in [6, 6.07) is 13.5. The third-order valence-corrected chi connectivity index (χ3v) is 12.6. The van der Waals surface area contributed by atoms with Crippen molar-refractivity contribution in [2.24, 2.45) is 23.7 Å². The molecular formula is C48H70O8. The number of carboxylic acid groups (broad SMARTS) is 2. The van der Waals surface area contributed by atoms with E-state index in [0.29, 0.717) is 0 Å². The number of carbonyl (C=O) groups excluding carboxylic acids is 2. The lowest BCUT2D eigenvalue weighted by atomic mass is 9.78. The largest absolute Gasteiger partial charge is 0.478 e. The van der Waals surface area contributed by atoms with Gasteiger partial charge in [-0.1, -0.05) is 167 Å². The van der Waals surface area contributed by atoms with E-state index in [0.717, 1.165) is 73.3 Å². The highest BCUT2D eigenvalue weighted by Crippen LogP contribution is 2.36. The van der Waals surface area contributed by atoms with Gasteiger partial charge in [0, 0.05) is 0 Å². The number of aliphatic carboxylic acids is 2. The molecule has 0 aromatic heterocycles. The summed E-state index contributed by atoms with van der Waals surface area (Å²) in [6.07, 6.45) is 25.9. The van der Waals surface area contributed by atoms with Gasteiger partial charge in [-0.2, -0.15) is 0 Å². The van der Waals surface area contributed by atoms with Crippen LogP contribution in [0.25, 0.3) is 0 Å². The number of aryl methyl sites for hydroxylation is 2. The van der Waals surface area contributed by atoms with Crippen molar-refractivity contribution in [1.82, 2.24) is 0 Å². The van der Waals surface area contributed by atoms with Crippen molar-refractivity contribution in [2.45, 2.75) is 180 Å². The van der Waals surface area contributed by atoms with Crippen LogP contribution < -0.4 is 0 Å². The molecule has 2 aliphatic carbocycles. The van der Waals surface area contributed by atoms with Crippen LogP contribution in [-0.4, -0.2) is 46.3 Å². The van der Waals surface area contributed by atoms with Gasteiger partial charge in [-0.3, -0.25) is 0 Å². The summed E-state index contributed by atoms with van der Waals surface area (Å²) in [4.78, 5) is 50.2. The zero-order valence-corrected chi connectivity index (χ0v) is 34.4. The van der Waals surface area contributed by atoms with Gasteiger partial charge in [0.2, 0.25) is 12.2 Å². The van der Waals surface area contributed by atoms with E-state index >= 15 is 0 Å². The van der Waals surface area contributed by atoms with Crippen LogP contribution in [0.2, 0.25) is 0 Å². The first-order valence-corrected chi connectivity index (χ1v) is 22.2. The maximum atomic E-state index is 13.0. The Kier molecular flexibility index (Phi) is 20.0. The van der Waals surface area contributed by atoms with Crippen molar-refractivity contribution < 1.29 is 38.9 Å². The van der Waals surface area contributed by atoms with E-state index in [1.54, 1.807) is 24.3 Å². The van der Waals surface area contributed by atoms with Crippen molar-refractivity contribution in [2.75, 3.05) is 0 Å². The highest BCUT2D eigenvalue weighted by Gasteiger charge is 2.41. The Hall–Kier alpha value is -3.68. The number of benzene rings is 2. The average molecular weight is 775 g/mol. The lowest BCUT2D eigenvalue weighted by molar-refractivity contribution is -0.166. The van der Waals surface area contributed by atoms with E-state index in [4.69, 9.17) is 9.47 Å². The smallest absolute Gasteiger partial charge is 0.349 e. The van der Waals surface area contributed by atoms with Gasteiger partial charge in [-0.25, -0.2) is 19.2 Å². The number of carbonyl (C=O) groups is 4. The van der Waals surface area contributed by atoms with Gasteiger partial charge in [0.15, 0.2) is 0 Å². The molecule has 0 spiro atoms. The molecule has 0 radical (unpaired) electrons. The lowest BCUT2D eigenvalue weighted by Crippen LogP contribution is -2.45. The molecular weight excluding hydrogens is 705 g/mol. The molecule has 0 saturated heterocycles. The fourth-order valence-corrected chi connectivity index (χ4v) is 8.97. The maximum Gasteiger partial charge on any atom is 0.349 e. The van der Waals surface area contributed by atoms with Crippen LogP contribution in [0.1, 0.15) is 187 Å². The fourth-order valence-electron chi connectivity index (χ4n) is 8.97. The molecule has 2 saturated carbocycles. The molecule has 0 unspecified atom stereocenters. The SMILES string of the molecule is CCCCCC1CCC(CCCCc2ccc(C(=O)O[C@@H](C(=O)O)[C@@H](OC(=O)c3ccc(CCCCC4CCC(CCCCC)CC4)cc3)C(=O)O)cc2)CC1. The van der Waals surface area contributed by atoms with Crippen LogP contribution in [-0.2, 0) is 31.9 Å². The topological polar surface area (TPSA) is 127 Å². The molecule has 4 rings (SSSR count). The molecule has 2 aliphatic rings. The van der Waals surface area contributed by atoms with E-state index in [2.05, 4.69) is 13.8 Å². The zero-order chi connectivity index (χ0) is 40.1. The Balaban J connectivity index is 1.17. The number of carboxylic acids is 2. The number of unbranched alkanes of at least 4 members (excludes halogenated alkanes) is 6. The summed E-state index contributed by atoms with van der Waals surface area (Å²) >= 11 is 0. The predicted octanol–water partition coefficient (Wildman–Crippen LogP) is 11.8. The zero-order valence-electron chi connectivity index (χ0n) is 34.4. The summed E-state index contributed by atoms with van der Waals surface area (Å²) in [7, 11) is 0. The van der Waals surface area contributed by atoms with Crippen molar-refractivity contribution in [3.05, 3.63) is 70.8 Å². The van der Waals surface area contributed by atoms with Crippen molar-refractivity contribution in [3.63, 3.8) is 0 Å². The van der Waals surface area contributed by atoms with Gasteiger partial charge in [-0.05, 0) is 84.7 Å². The normalized spacial score (nSPS) is 20.8. The molecule has 0 amide bonds. The standard InChI is InChI=1S/C48H70O8/c1-3-5-7-13-35-19-23-37(24-20-35)15-9-11-17-39-27-31-41(32-28-39)47(53)55-43(45(49)50)44(46(51)52)56-48(54)42-33-29-40(30-34-42)18-12-10-16-38-25-21-36(22-26-38)14-8-6-4-2/h27-38,43-44H,3-26H2,1-2H3,(H,49,50)(H,51,52)/t35?,36?,37?,38?,43-,44-/m1/s1. The summed E-state index contributed by atoms with van der Waals surface area (Å²) in [5.74, 6) is -1.96. The van der Waals surface area contributed by atoms with Crippen LogP contribution in [0.4, 0.5) is 0 Å². The Morgan fingerprint density at radius 1 is 0.482 bits per heavy atom. The number of hydrogen-bond donors (Lipinski definition) is 2. The van der Waals surface area contributed by atoms with Crippen LogP contribution in [0.15, 0.2) is 48.5 Å². The monoisotopic (exact) mass is 775 g/mol. The molecule has 2 N–H and O–H groups in total. The quantitative estimate of drug-likeness (QED) is 0.0754. The van der Waals surface area contributed by atoms with Gasteiger partial charge in [0.1, 0.15) is 0 Å². The Morgan fingerprint density at radius 2 is 0.768 bits per heavy atom. The van der Waals surface area contributed by atoms with Crippen LogP contribution >= 0.6 is 0 Å². The Morgan fingerprint density at radius 3 is 1.04 bits per heavy atom. The lowest BCUT2D eigenvalue weighted by Gasteiger charge is -2.28. The molecule has 8 nitrogen and oxygen atoms in total. The molecule has 2 aromatic carbocycles. The molecule has 2 fully saturated rings. The Bertz CT molecular complexity index is 1340. The molecule has 0 heterocycles. The van der Waals surface area contributed by atoms with E-state index in [1.807, 2.05) is 24.3 Å². The molecule has 2 atom stereocenters. The fraction of sp³-hybridized carbons (Fsp3) is 0.667. The summed E-state index contributed by atoms with van der Waals surface area (Å²) in [6.45, 7) is 4.52. The minimum Gasteiger partial charge on any atom is -0.478 e. The predicted molar refractivity (Wildman–Crippen MR) is 221 cm³/mol.